The van der Waals surface area contributed by atoms with Crippen molar-refractivity contribution in [3.8, 4) is 0 Å². The Morgan fingerprint density at radius 3 is 2.80 bits per heavy atom. The minimum Gasteiger partial charge on any atom is -0.394 e. The first-order valence-electron chi connectivity index (χ1n) is 3.40. The van der Waals surface area contributed by atoms with E-state index in [9.17, 15) is 5.11 Å². The molecule has 1 rings (SSSR count). The number of hydrogen-bond donors (Lipinski definition) is 2. The van der Waals surface area contributed by atoms with Gasteiger partial charge >= 0.3 is 0 Å². The summed E-state index contributed by atoms with van der Waals surface area (Å²) in [4.78, 5) is 0. The number of ether oxygens (including phenoxy) is 1. The minimum absolute atomic E-state index is 0.0854. The van der Waals surface area contributed by atoms with Gasteiger partial charge in [0, 0.05) is 6.61 Å². The molecule has 10 heavy (non-hydrogen) atoms. The fourth-order valence-corrected chi connectivity index (χ4v) is 1.06. The lowest BCUT2D eigenvalue weighted by Crippen LogP contribution is -2.39. The molecular weight excluding hydrogens is 131 g/mol. The van der Waals surface area contributed by atoms with Gasteiger partial charge in [-0.25, -0.2) is 0 Å². The molecule has 1 fully saturated rings. The summed E-state index contributed by atoms with van der Waals surface area (Å²) in [5.41, 5.74) is 0. The molecule has 0 bridgehead atoms. The summed E-state index contributed by atoms with van der Waals surface area (Å²) in [5.74, 6) is -0.0854. The van der Waals surface area contributed by atoms with Crippen molar-refractivity contribution in [2.75, 3.05) is 13.2 Å². The van der Waals surface area contributed by atoms with E-state index in [0.717, 1.165) is 0 Å². The first kappa shape index (κ1) is 8.05. The number of aliphatic hydroxyl groups excluding tert-OH is 2. The second-order valence-corrected chi connectivity index (χ2v) is 2.62. The average Bonchev–Trinajstić information content (AvgIpc) is 1.88. The predicted molar refractivity (Wildman–Crippen MR) is 37.0 cm³/mol. The summed E-state index contributed by atoms with van der Waals surface area (Å²) in [6, 6.07) is 0. The summed E-state index contributed by atoms with van der Waals surface area (Å²) in [6.45, 7) is 0.302. The molecule has 4 heteroatoms. The highest BCUT2D eigenvalue weighted by Crippen LogP contribution is 2.20. The summed E-state index contributed by atoms with van der Waals surface area (Å²) < 4.78 is 5.03. The monoisotopic (exact) mass is 142 g/mol. The van der Waals surface area contributed by atoms with Crippen molar-refractivity contribution in [1.29, 1.82) is 0 Å². The molecule has 3 nitrogen and oxygen atoms in total. The van der Waals surface area contributed by atoms with E-state index in [4.69, 9.17) is 17.7 Å². The van der Waals surface area contributed by atoms with Gasteiger partial charge in [-0.2, -0.15) is 0 Å². The standard InChI is InChI=1S/C6H11BO3/c7-4-1-5(9)6(2-8)10-3-4/h4-6,8-9H,1-3H2/t4-,5-,6+/m0/s1. The zero-order chi connectivity index (χ0) is 7.56. The topological polar surface area (TPSA) is 49.7 Å². The highest BCUT2D eigenvalue weighted by atomic mass is 16.5. The van der Waals surface area contributed by atoms with E-state index in [1.54, 1.807) is 0 Å². The van der Waals surface area contributed by atoms with Gasteiger partial charge in [-0.3, -0.25) is 0 Å². The Bertz CT molecular complexity index is 109. The molecule has 1 saturated heterocycles. The molecule has 0 spiro atoms. The predicted octanol–water partition coefficient (Wildman–Crippen LogP) is -0.915. The summed E-state index contributed by atoms with van der Waals surface area (Å²) in [5, 5.41) is 17.8. The molecule has 2 N–H and O–H groups in total. The van der Waals surface area contributed by atoms with Crippen LogP contribution in [0.25, 0.3) is 0 Å². The molecule has 1 heterocycles. The third-order valence-corrected chi connectivity index (χ3v) is 1.68. The van der Waals surface area contributed by atoms with Gasteiger partial charge in [0.2, 0.25) is 0 Å². The number of rotatable bonds is 1. The Kier molecular flexibility index (Phi) is 2.71. The molecular formula is C6H11BO3. The molecule has 56 valence electrons. The van der Waals surface area contributed by atoms with Crippen molar-refractivity contribution in [1.82, 2.24) is 0 Å². The van der Waals surface area contributed by atoms with Crippen LogP contribution in [0, 0.1) is 0 Å². The van der Waals surface area contributed by atoms with Crippen molar-refractivity contribution in [2.45, 2.75) is 24.4 Å². The van der Waals surface area contributed by atoms with E-state index in [-0.39, 0.29) is 12.4 Å². The van der Waals surface area contributed by atoms with E-state index in [0.29, 0.717) is 13.0 Å². The van der Waals surface area contributed by atoms with Crippen LogP contribution in [-0.4, -0.2) is 43.5 Å². The van der Waals surface area contributed by atoms with Crippen LogP contribution in [0.5, 0.6) is 0 Å². The molecule has 3 atom stereocenters. The molecule has 0 aromatic rings. The summed E-state index contributed by atoms with van der Waals surface area (Å²) >= 11 is 0. The zero-order valence-corrected chi connectivity index (χ0v) is 5.73. The quantitative estimate of drug-likeness (QED) is 0.465. The molecule has 0 aromatic carbocycles. The first-order valence-corrected chi connectivity index (χ1v) is 3.40. The Labute approximate surface area is 61.4 Å². The van der Waals surface area contributed by atoms with Crippen LogP contribution in [0.1, 0.15) is 6.42 Å². The molecule has 0 amide bonds. The normalized spacial score (nSPS) is 41.6. The van der Waals surface area contributed by atoms with Crippen LogP contribution in [0.2, 0.25) is 5.82 Å². The average molecular weight is 142 g/mol. The second-order valence-electron chi connectivity index (χ2n) is 2.62. The molecule has 2 radical (unpaired) electrons. The lowest BCUT2D eigenvalue weighted by atomic mass is 9.81. The van der Waals surface area contributed by atoms with Crippen molar-refractivity contribution in [2.24, 2.45) is 0 Å². The minimum atomic E-state index is -0.603. The third-order valence-electron chi connectivity index (χ3n) is 1.68. The number of hydrogen-bond acceptors (Lipinski definition) is 3. The van der Waals surface area contributed by atoms with Crippen molar-refractivity contribution < 1.29 is 14.9 Å². The summed E-state index contributed by atoms with van der Waals surface area (Å²) in [7, 11) is 5.48. The Balaban J connectivity index is 2.36. The first-order chi connectivity index (χ1) is 4.74. The van der Waals surface area contributed by atoms with Crippen LogP contribution in [0.15, 0.2) is 0 Å². The molecule has 0 aliphatic carbocycles. The lowest BCUT2D eigenvalue weighted by Gasteiger charge is -2.30. The van der Waals surface area contributed by atoms with Crippen LogP contribution in [-0.2, 0) is 4.74 Å². The smallest absolute Gasteiger partial charge is 0.106 e. The highest BCUT2D eigenvalue weighted by Gasteiger charge is 2.26. The van der Waals surface area contributed by atoms with E-state index in [2.05, 4.69) is 0 Å². The molecule has 1 aliphatic heterocycles. The number of aliphatic hydroxyl groups is 2. The Morgan fingerprint density at radius 2 is 2.30 bits per heavy atom. The SMILES string of the molecule is [B][C@@H]1CO[C@H](CO)[C@@H](O)C1. The lowest BCUT2D eigenvalue weighted by molar-refractivity contribution is -0.0936. The van der Waals surface area contributed by atoms with Gasteiger partial charge in [0.25, 0.3) is 0 Å². The highest BCUT2D eigenvalue weighted by molar-refractivity contribution is 6.11. The maximum atomic E-state index is 9.17. The maximum Gasteiger partial charge on any atom is 0.106 e. The van der Waals surface area contributed by atoms with Gasteiger partial charge in [-0.05, 0) is 6.42 Å². The fraction of sp³-hybridized carbons (Fsp3) is 1.00. The largest absolute Gasteiger partial charge is 0.394 e. The fourth-order valence-electron chi connectivity index (χ4n) is 1.06. The summed E-state index contributed by atoms with van der Waals surface area (Å²) in [6.07, 6.45) is -0.515. The van der Waals surface area contributed by atoms with Crippen molar-refractivity contribution in [3.05, 3.63) is 0 Å². The van der Waals surface area contributed by atoms with E-state index < -0.39 is 12.2 Å². The molecule has 0 saturated carbocycles. The Morgan fingerprint density at radius 1 is 1.60 bits per heavy atom. The van der Waals surface area contributed by atoms with E-state index in [1.165, 1.54) is 0 Å². The van der Waals surface area contributed by atoms with Gasteiger partial charge in [0.1, 0.15) is 6.10 Å². The van der Waals surface area contributed by atoms with Gasteiger partial charge in [0.15, 0.2) is 0 Å². The molecule has 1 aliphatic rings. The molecule has 0 aromatic heterocycles. The zero-order valence-electron chi connectivity index (χ0n) is 5.73. The van der Waals surface area contributed by atoms with E-state index >= 15 is 0 Å². The van der Waals surface area contributed by atoms with Crippen LogP contribution >= 0.6 is 0 Å². The van der Waals surface area contributed by atoms with Gasteiger partial charge < -0.3 is 14.9 Å². The van der Waals surface area contributed by atoms with Crippen LogP contribution < -0.4 is 0 Å². The van der Waals surface area contributed by atoms with Crippen molar-refractivity contribution >= 4 is 7.85 Å². The second kappa shape index (κ2) is 3.37. The van der Waals surface area contributed by atoms with E-state index in [1.807, 2.05) is 0 Å². The van der Waals surface area contributed by atoms with Gasteiger partial charge in [0.05, 0.1) is 20.6 Å². The van der Waals surface area contributed by atoms with Crippen LogP contribution in [0.4, 0.5) is 0 Å². The third kappa shape index (κ3) is 1.72. The maximum absolute atomic E-state index is 9.17. The van der Waals surface area contributed by atoms with Crippen molar-refractivity contribution in [3.63, 3.8) is 0 Å². The van der Waals surface area contributed by atoms with Gasteiger partial charge in [-0.15, -0.1) is 0 Å². The van der Waals surface area contributed by atoms with Crippen LogP contribution in [0.3, 0.4) is 0 Å². The molecule has 0 unspecified atom stereocenters. The Hall–Kier alpha value is -0.0551. The van der Waals surface area contributed by atoms with Gasteiger partial charge in [-0.1, -0.05) is 5.82 Å².